The number of hydrogen-bond donors (Lipinski definition) is 3. The van der Waals surface area contributed by atoms with Crippen molar-refractivity contribution in [2.75, 3.05) is 10.7 Å². The molecule has 0 atom stereocenters. The Labute approximate surface area is 112 Å². The lowest BCUT2D eigenvalue weighted by molar-refractivity contribution is 1.22. The number of halogens is 2. The van der Waals surface area contributed by atoms with Crippen molar-refractivity contribution in [3.63, 3.8) is 0 Å². The van der Waals surface area contributed by atoms with Gasteiger partial charge < -0.3 is 10.7 Å². The van der Waals surface area contributed by atoms with E-state index in [0.29, 0.717) is 16.7 Å². The Morgan fingerprint density at radius 2 is 1.94 bits per heavy atom. The predicted molar refractivity (Wildman–Crippen MR) is 74.5 cm³/mol. The second-order valence-electron chi connectivity index (χ2n) is 3.30. The molecule has 0 aliphatic carbocycles. The highest BCUT2D eigenvalue weighted by Gasteiger charge is 2.02. The lowest BCUT2D eigenvalue weighted by Gasteiger charge is -2.09. The van der Waals surface area contributed by atoms with Gasteiger partial charge in [0, 0.05) is 9.50 Å². The van der Waals surface area contributed by atoms with Crippen LogP contribution in [-0.4, -0.2) is 4.98 Å². The highest BCUT2D eigenvalue weighted by atomic mass is 79.9. The Bertz CT molecular complexity index is 533. The maximum atomic E-state index is 5.93. The van der Waals surface area contributed by atoms with Crippen molar-refractivity contribution in [3.8, 4) is 0 Å². The lowest BCUT2D eigenvalue weighted by Crippen LogP contribution is -2.09. The van der Waals surface area contributed by atoms with Gasteiger partial charge in [0.2, 0.25) is 0 Å². The minimum absolute atomic E-state index is 0.591. The van der Waals surface area contributed by atoms with Crippen molar-refractivity contribution < 1.29 is 0 Å². The fourth-order valence-electron chi connectivity index (χ4n) is 1.32. The number of nitrogens with one attached hydrogen (secondary N) is 2. The quantitative estimate of drug-likeness (QED) is 0.599. The van der Waals surface area contributed by atoms with E-state index in [9.17, 15) is 0 Å². The van der Waals surface area contributed by atoms with Crippen LogP contribution < -0.4 is 16.6 Å². The zero-order chi connectivity index (χ0) is 12.3. The third kappa shape index (κ3) is 3.09. The van der Waals surface area contributed by atoms with Crippen LogP contribution >= 0.6 is 27.5 Å². The maximum absolute atomic E-state index is 5.93. The molecule has 2 aromatic rings. The number of anilines is 3. The molecule has 2 rings (SSSR count). The molecule has 0 bridgehead atoms. The van der Waals surface area contributed by atoms with Gasteiger partial charge in [0.1, 0.15) is 11.6 Å². The largest absolute Gasteiger partial charge is 0.339 e. The number of pyridine rings is 1. The number of benzene rings is 1. The molecule has 1 aromatic heterocycles. The first-order valence-electron chi connectivity index (χ1n) is 4.85. The summed E-state index contributed by atoms with van der Waals surface area (Å²) in [5.74, 6) is 6.57. The van der Waals surface area contributed by atoms with Crippen LogP contribution in [0.25, 0.3) is 0 Å². The average molecular weight is 314 g/mol. The first-order valence-corrected chi connectivity index (χ1v) is 6.02. The van der Waals surface area contributed by atoms with Gasteiger partial charge in [-0.25, -0.2) is 10.8 Å². The van der Waals surface area contributed by atoms with Crippen molar-refractivity contribution in [1.82, 2.24) is 4.98 Å². The molecular formula is C11H10BrClN4. The fourth-order valence-corrected chi connectivity index (χ4v) is 1.83. The molecule has 1 aromatic carbocycles. The SMILES string of the molecule is NNc1cccc(Nc2cc(Cl)ccc2Br)n1. The van der Waals surface area contributed by atoms with Crippen LogP contribution in [-0.2, 0) is 0 Å². The molecule has 0 aliphatic heterocycles. The van der Waals surface area contributed by atoms with Crippen LogP contribution in [0.1, 0.15) is 0 Å². The molecular weight excluding hydrogens is 304 g/mol. The summed E-state index contributed by atoms with van der Waals surface area (Å²) in [5.41, 5.74) is 3.34. The normalized spacial score (nSPS) is 10.1. The molecule has 0 amide bonds. The third-order valence-electron chi connectivity index (χ3n) is 2.09. The van der Waals surface area contributed by atoms with E-state index < -0.39 is 0 Å². The number of nitrogens with zero attached hydrogens (tertiary/aromatic N) is 1. The number of nitrogen functional groups attached to an aromatic ring is 1. The molecule has 6 heteroatoms. The third-order valence-corrected chi connectivity index (χ3v) is 3.01. The predicted octanol–water partition coefficient (Wildman–Crippen LogP) is 3.53. The molecule has 0 saturated carbocycles. The van der Waals surface area contributed by atoms with Gasteiger partial charge in [-0.3, -0.25) is 0 Å². The lowest BCUT2D eigenvalue weighted by atomic mass is 10.3. The van der Waals surface area contributed by atoms with Crippen molar-refractivity contribution in [3.05, 3.63) is 45.9 Å². The van der Waals surface area contributed by atoms with Crippen LogP contribution in [0.15, 0.2) is 40.9 Å². The van der Waals surface area contributed by atoms with E-state index in [-0.39, 0.29) is 0 Å². The van der Waals surface area contributed by atoms with Crippen LogP contribution in [0.3, 0.4) is 0 Å². The molecule has 17 heavy (non-hydrogen) atoms. The molecule has 0 radical (unpaired) electrons. The van der Waals surface area contributed by atoms with Gasteiger partial charge in [-0.05, 0) is 46.3 Å². The molecule has 1 heterocycles. The van der Waals surface area contributed by atoms with E-state index >= 15 is 0 Å². The van der Waals surface area contributed by atoms with Gasteiger partial charge in [-0.15, -0.1) is 0 Å². The number of aromatic nitrogens is 1. The first kappa shape index (κ1) is 12.2. The number of rotatable bonds is 3. The van der Waals surface area contributed by atoms with Gasteiger partial charge in [0.15, 0.2) is 0 Å². The fraction of sp³-hybridized carbons (Fsp3) is 0. The van der Waals surface area contributed by atoms with Gasteiger partial charge >= 0.3 is 0 Å². The van der Waals surface area contributed by atoms with Gasteiger partial charge in [-0.1, -0.05) is 17.7 Å². The second kappa shape index (κ2) is 5.35. The highest BCUT2D eigenvalue weighted by Crippen LogP contribution is 2.28. The van der Waals surface area contributed by atoms with Crippen LogP contribution in [0.5, 0.6) is 0 Å². The highest BCUT2D eigenvalue weighted by molar-refractivity contribution is 9.10. The van der Waals surface area contributed by atoms with Crippen LogP contribution in [0, 0.1) is 0 Å². The van der Waals surface area contributed by atoms with E-state index in [2.05, 4.69) is 31.7 Å². The standard InChI is InChI=1S/C11H10BrClN4/c12-8-5-4-7(13)6-9(8)15-10-2-1-3-11(16-10)17-14/h1-6H,14H2,(H2,15,16,17). The Balaban J connectivity index is 2.27. The summed E-state index contributed by atoms with van der Waals surface area (Å²) in [7, 11) is 0. The monoisotopic (exact) mass is 312 g/mol. The van der Waals surface area contributed by atoms with E-state index in [1.807, 2.05) is 30.3 Å². The summed E-state index contributed by atoms with van der Waals surface area (Å²) >= 11 is 9.36. The van der Waals surface area contributed by atoms with Gasteiger partial charge in [-0.2, -0.15) is 0 Å². The van der Waals surface area contributed by atoms with Crippen LogP contribution in [0.4, 0.5) is 17.3 Å². The Morgan fingerprint density at radius 3 is 2.71 bits per heavy atom. The van der Waals surface area contributed by atoms with Gasteiger partial charge in [0.25, 0.3) is 0 Å². The Morgan fingerprint density at radius 1 is 1.18 bits per heavy atom. The molecule has 0 aliphatic rings. The molecule has 0 spiro atoms. The maximum Gasteiger partial charge on any atom is 0.142 e. The summed E-state index contributed by atoms with van der Waals surface area (Å²) in [5, 5.41) is 3.81. The first-order chi connectivity index (χ1) is 8.19. The summed E-state index contributed by atoms with van der Waals surface area (Å²) in [4.78, 5) is 4.25. The topological polar surface area (TPSA) is 63.0 Å². The smallest absolute Gasteiger partial charge is 0.142 e. The zero-order valence-electron chi connectivity index (χ0n) is 8.74. The van der Waals surface area contributed by atoms with Crippen molar-refractivity contribution in [2.45, 2.75) is 0 Å². The number of nitrogens with two attached hydrogens (primary N) is 1. The summed E-state index contributed by atoms with van der Waals surface area (Å²) in [6.45, 7) is 0. The van der Waals surface area contributed by atoms with Crippen LogP contribution in [0.2, 0.25) is 5.02 Å². The molecule has 4 N–H and O–H groups in total. The summed E-state index contributed by atoms with van der Waals surface area (Å²) < 4.78 is 0.912. The van der Waals surface area contributed by atoms with E-state index in [1.54, 1.807) is 6.07 Å². The molecule has 88 valence electrons. The summed E-state index contributed by atoms with van der Waals surface area (Å²) in [6.07, 6.45) is 0. The number of hydrogen-bond acceptors (Lipinski definition) is 4. The molecule has 0 unspecified atom stereocenters. The summed E-state index contributed by atoms with van der Waals surface area (Å²) in [6, 6.07) is 11.0. The Kier molecular flexibility index (Phi) is 3.83. The van der Waals surface area contributed by atoms with E-state index in [4.69, 9.17) is 17.4 Å². The van der Waals surface area contributed by atoms with E-state index in [1.165, 1.54) is 0 Å². The van der Waals surface area contributed by atoms with Crippen molar-refractivity contribution in [1.29, 1.82) is 0 Å². The minimum Gasteiger partial charge on any atom is -0.339 e. The number of hydrazine groups is 1. The molecule has 4 nitrogen and oxygen atoms in total. The molecule has 0 saturated heterocycles. The van der Waals surface area contributed by atoms with Gasteiger partial charge in [0.05, 0.1) is 5.69 Å². The zero-order valence-corrected chi connectivity index (χ0v) is 11.1. The second-order valence-corrected chi connectivity index (χ2v) is 4.59. The van der Waals surface area contributed by atoms with Crippen molar-refractivity contribution >= 4 is 44.9 Å². The minimum atomic E-state index is 0.591. The van der Waals surface area contributed by atoms with Crippen molar-refractivity contribution in [2.24, 2.45) is 5.84 Å². The average Bonchev–Trinajstić information content (AvgIpc) is 2.34. The molecule has 0 fully saturated rings. The van der Waals surface area contributed by atoms with E-state index in [0.717, 1.165) is 10.2 Å². The Hall–Kier alpha value is -1.30.